The summed E-state index contributed by atoms with van der Waals surface area (Å²) in [5.74, 6) is 3.82. The maximum atomic E-state index is 5.52. The molecule has 20 heavy (non-hydrogen) atoms. The van der Waals surface area contributed by atoms with Gasteiger partial charge in [-0.1, -0.05) is 22.4 Å². The lowest BCUT2D eigenvalue weighted by molar-refractivity contribution is 0.254. The Hall–Kier alpha value is -0.540. The fourth-order valence-electron chi connectivity index (χ4n) is 4.40. The maximum Gasteiger partial charge on any atom is 0.122 e. The summed E-state index contributed by atoms with van der Waals surface area (Å²) in [4.78, 5) is 0. The van der Waals surface area contributed by atoms with Gasteiger partial charge >= 0.3 is 0 Å². The maximum absolute atomic E-state index is 5.52. The number of likely N-dealkylation sites (N-methyl/N-ethyl adjacent to an activating group) is 1. The van der Waals surface area contributed by atoms with Crippen molar-refractivity contribution < 1.29 is 4.74 Å². The zero-order chi connectivity index (χ0) is 14.1. The number of halogens is 1. The van der Waals surface area contributed by atoms with E-state index in [1.54, 1.807) is 7.11 Å². The lowest BCUT2D eigenvalue weighted by Gasteiger charge is -2.31. The van der Waals surface area contributed by atoms with Crippen molar-refractivity contribution in [2.24, 2.45) is 17.8 Å². The largest absolute Gasteiger partial charge is 0.496 e. The zero-order valence-electron chi connectivity index (χ0n) is 12.4. The van der Waals surface area contributed by atoms with Crippen LogP contribution in [0.15, 0.2) is 22.7 Å². The van der Waals surface area contributed by atoms with Crippen molar-refractivity contribution in [1.29, 1.82) is 0 Å². The molecule has 2 aliphatic rings. The van der Waals surface area contributed by atoms with Crippen LogP contribution in [0.5, 0.6) is 5.75 Å². The van der Waals surface area contributed by atoms with Crippen LogP contribution in [0.3, 0.4) is 0 Å². The minimum absolute atomic E-state index is 0.577. The Labute approximate surface area is 130 Å². The summed E-state index contributed by atoms with van der Waals surface area (Å²) < 4.78 is 6.66. The van der Waals surface area contributed by atoms with Crippen molar-refractivity contribution in [3.8, 4) is 5.75 Å². The summed E-state index contributed by atoms with van der Waals surface area (Å²) in [6, 6.07) is 6.89. The van der Waals surface area contributed by atoms with Gasteiger partial charge in [0, 0.05) is 10.5 Å². The van der Waals surface area contributed by atoms with Gasteiger partial charge in [0.2, 0.25) is 0 Å². The van der Waals surface area contributed by atoms with Crippen LogP contribution in [0.1, 0.15) is 31.2 Å². The van der Waals surface area contributed by atoms with Crippen molar-refractivity contribution in [3.63, 3.8) is 0 Å². The third-order valence-corrected chi connectivity index (χ3v) is 5.86. The Morgan fingerprint density at radius 3 is 2.80 bits per heavy atom. The minimum Gasteiger partial charge on any atom is -0.496 e. The lowest BCUT2D eigenvalue weighted by atomic mass is 9.81. The molecule has 2 aliphatic carbocycles. The molecule has 3 rings (SSSR count). The molecule has 2 saturated carbocycles. The van der Waals surface area contributed by atoms with E-state index in [1.807, 2.05) is 6.07 Å². The van der Waals surface area contributed by atoms with Crippen LogP contribution in [0.4, 0.5) is 0 Å². The van der Waals surface area contributed by atoms with Crippen molar-refractivity contribution in [1.82, 2.24) is 5.32 Å². The van der Waals surface area contributed by atoms with E-state index >= 15 is 0 Å². The number of hydrogen-bond acceptors (Lipinski definition) is 2. The second-order valence-electron chi connectivity index (χ2n) is 6.39. The zero-order valence-corrected chi connectivity index (χ0v) is 13.9. The molecule has 0 aliphatic heterocycles. The lowest BCUT2D eigenvalue weighted by Crippen LogP contribution is -2.38. The molecule has 2 bridgehead atoms. The van der Waals surface area contributed by atoms with Crippen LogP contribution in [-0.2, 0) is 6.42 Å². The van der Waals surface area contributed by atoms with E-state index in [0.717, 1.165) is 34.4 Å². The molecule has 0 amide bonds. The highest BCUT2D eigenvalue weighted by Gasteiger charge is 2.42. The van der Waals surface area contributed by atoms with E-state index in [4.69, 9.17) is 4.74 Å². The molecule has 0 spiro atoms. The number of rotatable bonds is 5. The first-order valence-corrected chi connectivity index (χ1v) is 8.50. The van der Waals surface area contributed by atoms with E-state index in [0.29, 0.717) is 6.04 Å². The molecule has 2 fully saturated rings. The first-order chi connectivity index (χ1) is 9.71. The Morgan fingerprint density at radius 2 is 2.20 bits per heavy atom. The number of benzene rings is 1. The van der Waals surface area contributed by atoms with Crippen molar-refractivity contribution in [3.05, 3.63) is 28.2 Å². The molecule has 2 nitrogen and oxygen atoms in total. The van der Waals surface area contributed by atoms with Crippen LogP contribution in [0.25, 0.3) is 0 Å². The molecule has 4 unspecified atom stereocenters. The molecule has 1 N–H and O–H groups in total. The van der Waals surface area contributed by atoms with E-state index in [9.17, 15) is 0 Å². The summed E-state index contributed by atoms with van der Waals surface area (Å²) in [5, 5.41) is 3.58. The standard InChI is InChI=1S/C17H24BrNO/c1-19-16(15-8-11-3-4-12(15)7-11)10-13-9-14(18)5-6-17(13)20-2/h5-6,9,11-12,15-16,19H,3-4,7-8,10H2,1-2H3. The molecule has 1 aromatic carbocycles. The average Bonchev–Trinajstić information content (AvgIpc) is 3.07. The first-order valence-electron chi connectivity index (χ1n) is 7.71. The van der Waals surface area contributed by atoms with Gasteiger partial charge in [0.25, 0.3) is 0 Å². The van der Waals surface area contributed by atoms with Crippen LogP contribution in [-0.4, -0.2) is 20.2 Å². The highest BCUT2D eigenvalue weighted by atomic mass is 79.9. The van der Waals surface area contributed by atoms with E-state index in [2.05, 4.69) is 40.4 Å². The van der Waals surface area contributed by atoms with Gasteiger partial charge in [0.15, 0.2) is 0 Å². The van der Waals surface area contributed by atoms with Crippen molar-refractivity contribution in [2.75, 3.05) is 14.2 Å². The number of methoxy groups -OCH3 is 1. The van der Waals surface area contributed by atoms with Crippen LogP contribution >= 0.6 is 15.9 Å². The number of nitrogens with one attached hydrogen (secondary N) is 1. The van der Waals surface area contributed by atoms with Crippen LogP contribution < -0.4 is 10.1 Å². The van der Waals surface area contributed by atoms with Gasteiger partial charge in [-0.2, -0.15) is 0 Å². The summed E-state index contributed by atoms with van der Waals surface area (Å²) in [6.45, 7) is 0. The van der Waals surface area contributed by atoms with E-state index in [1.165, 1.54) is 31.2 Å². The Bertz CT molecular complexity index is 476. The smallest absolute Gasteiger partial charge is 0.122 e. The van der Waals surface area contributed by atoms with Crippen molar-refractivity contribution in [2.45, 2.75) is 38.1 Å². The van der Waals surface area contributed by atoms with Crippen LogP contribution in [0.2, 0.25) is 0 Å². The molecular formula is C17H24BrNO. The molecule has 0 radical (unpaired) electrons. The van der Waals surface area contributed by atoms with E-state index in [-0.39, 0.29) is 0 Å². The fourth-order valence-corrected chi connectivity index (χ4v) is 4.81. The Morgan fingerprint density at radius 1 is 1.35 bits per heavy atom. The predicted octanol–water partition coefficient (Wildman–Crippen LogP) is 4.02. The highest BCUT2D eigenvalue weighted by Crippen LogP contribution is 2.50. The molecule has 0 aromatic heterocycles. The van der Waals surface area contributed by atoms with Gasteiger partial charge < -0.3 is 10.1 Å². The van der Waals surface area contributed by atoms with Gasteiger partial charge in [0.1, 0.15) is 5.75 Å². The fraction of sp³-hybridized carbons (Fsp3) is 0.647. The second kappa shape index (κ2) is 6.07. The molecule has 3 heteroatoms. The molecule has 4 atom stereocenters. The molecule has 1 aromatic rings. The van der Waals surface area contributed by atoms with Crippen molar-refractivity contribution >= 4 is 15.9 Å². The van der Waals surface area contributed by atoms with Gasteiger partial charge in [-0.15, -0.1) is 0 Å². The average molecular weight is 338 g/mol. The predicted molar refractivity (Wildman–Crippen MR) is 86.2 cm³/mol. The number of hydrogen-bond donors (Lipinski definition) is 1. The van der Waals surface area contributed by atoms with Crippen LogP contribution in [0, 0.1) is 17.8 Å². The number of fused-ring (bicyclic) bond motifs is 2. The van der Waals surface area contributed by atoms with E-state index < -0.39 is 0 Å². The number of ether oxygens (including phenoxy) is 1. The molecule has 0 saturated heterocycles. The minimum atomic E-state index is 0.577. The molecule has 110 valence electrons. The summed E-state index contributed by atoms with van der Waals surface area (Å²) in [5.41, 5.74) is 1.31. The van der Waals surface area contributed by atoms with Gasteiger partial charge in [-0.25, -0.2) is 0 Å². The molecule has 0 heterocycles. The third kappa shape index (κ3) is 2.75. The monoisotopic (exact) mass is 337 g/mol. The highest BCUT2D eigenvalue weighted by molar-refractivity contribution is 9.10. The Kier molecular flexibility index (Phi) is 4.37. The Balaban J connectivity index is 1.76. The van der Waals surface area contributed by atoms with Gasteiger partial charge in [-0.3, -0.25) is 0 Å². The SMILES string of the molecule is CNC(Cc1cc(Br)ccc1OC)C1CC2CCC1C2. The first kappa shape index (κ1) is 14.4. The second-order valence-corrected chi connectivity index (χ2v) is 7.31. The topological polar surface area (TPSA) is 21.3 Å². The summed E-state index contributed by atoms with van der Waals surface area (Å²) >= 11 is 3.58. The normalized spacial score (nSPS) is 29.6. The van der Waals surface area contributed by atoms with Gasteiger partial charge in [-0.05, 0) is 74.2 Å². The van der Waals surface area contributed by atoms with Gasteiger partial charge in [0.05, 0.1) is 7.11 Å². The quantitative estimate of drug-likeness (QED) is 0.875. The molecular weight excluding hydrogens is 314 g/mol. The summed E-state index contributed by atoms with van der Waals surface area (Å²) in [6.07, 6.45) is 6.87. The summed E-state index contributed by atoms with van der Waals surface area (Å²) in [7, 11) is 3.87. The third-order valence-electron chi connectivity index (χ3n) is 5.36.